The standard InChI is InChI=1S/C4H10N3O2/c1-3-6(4-5-2)7(8)9/h4H,3H2,1-2H3,(H,8,9)/q+1. The van der Waals surface area contributed by atoms with Gasteiger partial charge in [0.1, 0.15) is 4.91 Å². The molecule has 9 heavy (non-hydrogen) atoms. The molecule has 5 heteroatoms. The van der Waals surface area contributed by atoms with Gasteiger partial charge in [-0.25, -0.2) is 5.21 Å². The minimum absolute atomic E-state index is 0.257. The number of nitrogens with zero attached hydrogens (tertiary/aromatic N) is 3. The number of hydrazine groups is 1. The minimum Gasteiger partial charge on any atom is -0.273 e. The molecule has 0 aromatic rings. The van der Waals surface area contributed by atoms with Gasteiger partial charge in [0.05, 0.1) is 6.54 Å². The van der Waals surface area contributed by atoms with Crippen LogP contribution in [0.4, 0.5) is 0 Å². The first kappa shape index (κ1) is 7.87. The predicted molar refractivity (Wildman–Crippen MR) is 32.2 cm³/mol. The third-order valence-electron chi connectivity index (χ3n) is 0.793. The van der Waals surface area contributed by atoms with E-state index < -0.39 is 0 Å². The number of aliphatic imine (C=N–C) groups is 1. The lowest BCUT2D eigenvalue weighted by atomic mass is 10.7. The summed E-state index contributed by atoms with van der Waals surface area (Å²) < 4.78 is 0. The summed E-state index contributed by atoms with van der Waals surface area (Å²) in [6, 6.07) is 0. The fraction of sp³-hybridized carbons (Fsp3) is 0.750. The zero-order valence-electron chi connectivity index (χ0n) is 5.48. The predicted octanol–water partition coefficient (Wildman–Crippen LogP) is 0.0495. The summed E-state index contributed by atoms with van der Waals surface area (Å²) in [4.78, 5) is 13.6. The maximum Gasteiger partial charge on any atom is 0.363 e. The Hall–Kier alpha value is -1.13. The summed E-state index contributed by atoms with van der Waals surface area (Å²) in [5.74, 6) is 0. The van der Waals surface area contributed by atoms with Crippen LogP contribution in [-0.4, -0.2) is 35.2 Å². The molecule has 0 saturated heterocycles. The first-order valence-electron chi connectivity index (χ1n) is 2.57. The van der Waals surface area contributed by atoms with E-state index in [9.17, 15) is 4.91 Å². The fourth-order valence-electron chi connectivity index (χ4n) is 0.380. The number of rotatable bonds is 3. The molecule has 0 aliphatic heterocycles. The lowest BCUT2D eigenvalue weighted by Crippen LogP contribution is -2.29. The highest BCUT2D eigenvalue weighted by Gasteiger charge is 2.12. The van der Waals surface area contributed by atoms with Gasteiger partial charge in [-0.05, 0) is 11.9 Å². The van der Waals surface area contributed by atoms with E-state index in [0.29, 0.717) is 6.54 Å². The second-order valence-corrected chi connectivity index (χ2v) is 1.38. The molecule has 0 unspecified atom stereocenters. The molecular weight excluding hydrogens is 122 g/mol. The Kier molecular flexibility index (Phi) is 3.34. The highest BCUT2D eigenvalue weighted by molar-refractivity contribution is 5.52. The average Bonchev–Trinajstić information content (AvgIpc) is 1.82. The molecule has 0 spiro atoms. The largest absolute Gasteiger partial charge is 0.363 e. The van der Waals surface area contributed by atoms with Crippen molar-refractivity contribution < 1.29 is 10.2 Å². The Morgan fingerprint density at radius 2 is 2.44 bits per heavy atom. The van der Waals surface area contributed by atoms with Gasteiger partial charge in [-0.3, -0.25) is 4.99 Å². The molecule has 5 nitrogen and oxygen atoms in total. The van der Waals surface area contributed by atoms with Crippen molar-refractivity contribution in [3.8, 4) is 0 Å². The van der Waals surface area contributed by atoms with Gasteiger partial charge in [-0.15, -0.1) is 0 Å². The van der Waals surface area contributed by atoms with Crippen molar-refractivity contribution in [1.29, 1.82) is 0 Å². The molecule has 0 heterocycles. The molecule has 0 amide bonds. The van der Waals surface area contributed by atoms with Gasteiger partial charge < -0.3 is 0 Å². The molecule has 1 N–H and O–H groups in total. The maximum atomic E-state index is 10.1. The van der Waals surface area contributed by atoms with Crippen LogP contribution in [0.5, 0.6) is 0 Å². The summed E-state index contributed by atoms with van der Waals surface area (Å²) >= 11 is 0. The molecule has 0 aromatic heterocycles. The van der Waals surface area contributed by atoms with Crippen LogP contribution >= 0.6 is 0 Å². The van der Waals surface area contributed by atoms with Gasteiger partial charge in [-0.2, -0.15) is 0 Å². The van der Waals surface area contributed by atoms with Crippen LogP contribution in [-0.2, 0) is 0 Å². The second kappa shape index (κ2) is 3.82. The zero-order chi connectivity index (χ0) is 7.28. The zero-order valence-corrected chi connectivity index (χ0v) is 5.48. The van der Waals surface area contributed by atoms with E-state index in [4.69, 9.17) is 5.21 Å². The SMILES string of the molecule is CCN(C=NC)[N+](=O)O. The summed E-state index contributed by atoms with van der Waals surface area (Å²) in [7, 11) is 1.52. The summed E-state index contributed by atoms with van der Waals surface area (Å²) in [5.41, 5.74) is 0. The molecule has 0 rings (SSSR count). The molecular formula is C4H10N3O2+. The van der Waals surface area contributed by atoms with E-state index >= 15 is 0 Å². The minimum atomic E-state index is -0.257. The van der Waals surface area contributed by atoms with Crippen molar-refractivity contribution in [2.45, 2.75) is 6.92 Å². The first-order valence-corrected chi connectivity index (χ1v) is 2.57. The van der Waals surface area contributed by atoms with Gasteiger partial charge in [0.15, 0.2) is 6.34 Å². The van der Waals surface area contributed by atoms with E-state index in [-0.39, 0.29) is 5.03 Å². The first-order chi connectivity index (χ1) is 4.22. The van der Waals surface area contributed by atoms with Crippen LogP contribution in [0.3, 0.4) is 0 Å². The Labute approximate surface area is 53.1 Å². The lowest BCUT2D eigenvalue weighted by molar-refractivity contribution is -0.885. The normalized spacial score (nSPS) is 10.0. The monoisotopic (exact) mass is 132 g/mol. The Balaban J connectivity index is 3.83. The fourth-order valence-corrected chi connectivity index (χ4v) is 0.380. The summed E-state index contributed by atoms with van der Waals surface area (Å²) in [6.45, 7) is 2.13. The van der Waals surface area contributed by atoms with Crippen LogP contribution in [0.25, 0.3) is 0 Å². The van der Waals surface area contributed by atoms with E-state index in [1.807, 2.05) is 0 Å². The average molecular weight is 132 g/mol. The lowest BCUT2D eigenvalue weighted by Gasteiger charge is -1.96. The van der Waals surface area contributed by atoms with Gasteiger partial charge in [0.25, 0.3) is 0 Å². The van der Waals surface area contributed by atoms with Crippen LogP contribution in [0.15, 0.2) is 4.99 Å². The van der Waals surface area contributed by atoms with Crippen molar-refractivity contribution >= 4 is 6.34 Å². The topological polar surface area (TPSA) is 55.9 Å². The van der Waals surface area contributed by atoms with Crippen molar-refractivity contribution in [2.75, 3.05) is 13.6 Å². The molecule has 0 radical (unpaired) electrons. The van der Waals surface area contributed by atoms with Crippen LogP contribution in [0, 0.1) is 4.91 Å². The Morgan fingerprint density at radius 1 is 1.89 bits per heavy atom. The third kappa shape index (κ3) is 2.63. The molecule has 52 valence electrons. The molecule has 0 aliphatic rings. The van der Waals surface area contributed by atoms with Gasteiger partial charge >= 0.3 is 5.03 Å². The van der Waals surface area contributed by atoms with E-state index in [1.54, 1.807) is 6.92 Å². The molecule has 0 atom stereocenters. The highest BCUT2D eigenvalue weighted by atomic mass is 16.7. The highest BCUT2D eigenvalue weighted by Crippen LogP contribution is 1.78. The quantitative estimate of drug-likeness (QED) is 0.335. The van der Waals surface area contributed by atoms with Crippen LogP contribution in [0.1, 0.15) is 6.92 Å². The molecule has 0 fully saturated rings. The van der Waals surface area contributed by atoms with E-state index in [1.165, 1.54) is 13.4 Å². The Bertz CT molecular complexity index is 123. The molecule has 0 saturated carbocycles. The van der Waals surface area contributed by atoms with Crippen molar-refractivity contribution in [2.24, 2.45) is 4.99 Å². The van der Waals surface area contributed by atoms with Crippen molar-refractivity contribution in [1.82, 2.24) is 5.01 Å². The second-order valence-electron chi connectivity index (χ2n) is 1.38. The van der Waals surface area contributed by atoms with Crippen molar-refractivity contribution in [3.05, 3.63) is 4.91 Å². The molecule has 0 bridgehead atoms. The summed E-state index contributed by atoms with van der Waals surface area (Å²) in [6.07, 6.45) is 1.24. The van der Waals surface area contributed by atoms with Gasteiger partial charge in [-0.1, -0.05) is 0 Å². The van der Waals surface area contributed by atoms with Gasteiger partial charge in [0, 0.05) is 7.05 Å². The third-order valence-corrected chi connectivity index (χ3v) is 0.793. The molecule has 0 aliphatic carbocycles. The van der Waals surface area contributed by atoms with Gasteiger partial charge in [0.2, 0.25) is 0 Å². The van der Waals surface area contributed by atoms with Crippen LogP contribution in [0.2, 0.25) is 0 Å². The maximum absolute atomic E-state index is 10.1. The Morgan fingerprint density at radius 3 is 2.56 bits per heavy atom. The number of hydrogen-bond donors (Lipinski definition) is 1. The molecule has 0 aromatic carbocycles. The van der Waals surface area contributed by atoms with Crippen LogP contribution < -0.4 is 0 Å². The summed E-state index contributed by atoms with van der Waals surface area (Å²) in [5, 5.41) is 9.01. The van der Waals surface area contributed by atoms with E-state index in [0.717, 1.165) is 5.01 Å². The van der Waals surface area contributed by atoms with E-state index in [2.05, 4.69) is 4.99 Å². The van der Waals surface area contributed by atoms with Crippen molar-refractivity contribution in [3.63, 3.8) is 0 Å². The number of hydrogen-bond acceptors (Lipinski definition) is 2. The smallest absolute Gasteiger partial charge is 0.273 e.